The molecule has 140 valence electrons. The molecule has 2 aromatic rings. The standard InChI is InChI=1S/C21H26N2O2.ClH/c22-20(14-16-6-2-1-3-7-16)21(24)23-18-12-10-17(11-13-18)15-25-19-8-4-5-9-19;/h1-3,6-7,10-13,19-20H,4-5,8-9,14-15,22H2,(H,23,24);1H/t20-;/m0./s1. The van der Waals surface area contributed by atoms with Gasteiger partial charge in [0.1, 0.15) is 0 Å². The number of hydrogen-bond acceptors (Lipinski definition) is 3. The molecule has 1 aliphatic carbocycles. The molecule has 0 heterocycles. The summed E-state index contributed by atoms with van der Waals surface area (Å²) in [5.41, 5.74) is 8.96. The van der Waals surface area contributed by atoms with E-state index in [1.54, 1.807) is 0 Å². The van der Waals surface area contributed by atoms with E-state index in [0.29, 0.717) is 19.1 Å². The normalized spacial score (nSPS) is 15.3. The average Bonchev–Trinajstić information content (AvgIpc) is 3.15. The molecule has 1 atom stereocenters. The summed E-state index contributed by atoms with van der Waals surface area (Å²) in [5.74, 6) is -0.168. The van der Waals surface area contributed by atoms with Gasteiger partial charge in [0.2, 0.25) is 5.91 Å². The van der Waals surface area contributed by atoms with Gasteiger partial charge in [-0.15, -0.1) is 12.4 Å². The van der Waals surface area contributed by atoms with Crippen molar-refractivity contribution in [2.75, 3.05) is 5.32 Å². The Kier molecular flexibility index (Phi) is 8.10. The van der Waals surface area contributed by atoms with E-state index in [-0.39, 0.29) is 18.3 Å². The van der Waals surface area contributed by atoms with E-state index < -0.39 is 6.04 Å². The highest BCUT2D eigenvalue weighted by Gasteiger charge is 2.16. The Morgan fingerprint density at radius 3 is 2.35 bits per heavy atom. The molecule has 0 saturated heterocycles. The highest BCUT2D eigenvalue weighted by Crippen LogP contribution is 2.22. The van der Waals surface area contributed by atoms with Crippen molar-refractivity contribution in [3.63, 3.8) is 0 Å². The summed E-state index contributed by atoms with van der Waals surface area (Å²) in [4.78, 5) is 12.2. The van der Waals surface area contributed by atoms with E-state index in [0.717, 1.165) is 16.8 Å². The quantitative estimate of drug-likeness (QED) is 0.767. The maximum Gasteiger partial charge on any atom is 0.241 e. The van der Waals surface area contributed by atoms with Crippen molar-refractivity contribution >= 4 is 24.0 Å². The molecule has 0 aliphatic heterocycles. The van der Waals surface area contributed by atoms with Gasteiger partial charge in [-0.25, -0.2) is 0 Å². The van der Waals surface area contributed by atoms with E-state index >= 15 is 0 Å². The molecule has 1 aliphatic rings. The lowest BCUT2D eigenvalue weighted by Crippen LogP contribution is -2.37. The van der Waals surface area contributed by atoms with Crippen LogP contribution in [0.1, 0.15) is 36.8 Å². The minimum Gasteiger partial charge on any atom is -0.374 e. The molecular formula is C21H27ClN2O2. The topological polar surface area (TPSA) is 64.4 Å². The molecule has 0 bridgehead atoms. The van der Waals surface area contributed by atoms with Crippen molar-refractivity contribution in [3.8, 4) is 0 Å². The van der Waals surface area contributed by atoms with Crippen LogP contribution in [0.4, 0.5) is 5.69 Å². The lowest BCUT2D eigenvalue weighted by molar-refractivity contribution is -0.117. The molecule has 5 heteroatoms. The van der Waals surface area contributed by atoms with Gasteiger partial charge in [-0.1, -0.05) is 55.3 Å². The van der Waals surface area contributed by atoms with Gasteiger partial charge in [0.15, 0.2) is 0 Å². The third kappa shape index (κ3) is 6.13. The predicted octanol–water partition coefficient (Wildman–Crippen LogP) is 4.08. The highest BCUT2D eigenvalue weighted by molar-refractivity contribution is 5.94. The zero-order valence-electron chi connectivity index (χ0n) is 14.9. The summed E-state index contributed by atoms with van der Waals surface area (Å²) in [6.07, 6.45) is 5.84. The number of anilines is 1. The van der Waals surface area contributed by atoms with Crippen LogP contribution in [0.2, 0.25) is 0 Å². The van der Waals surface area contributed by atoms with Crippen LogP contribution in [0.5, 0.6) is 0 Å². The van der Waals surface area contributed by atoms with Gasteiger partial charge in [-0.3, -0.25) is 4.79 Å². The second kappa shape index (κ2) is 10.3. The second-order valence-corrected chi connectivity index (χ2v) is 6.70. The number of ether oxygens (including phenoxy) is 1. The van der Waals surface area contributed by atoms with Crippen LogP contribution >= 0.6 is 12.4 Å². The molecule has 4 nitrogen and oxygen atoms in total. The lowest BCUT2D eigenvalue weighted by atomic mass is 10.1. The molecule has 3 N–H and O–H groups in total. The number of nitrogens with one attached hydrogen (secondary N) is 1. The van der Waals surface area contributed by atoms with Gasteiger partial charge < -0.3 is 15.8 Å². The molecular weight excluding hydrogens is 348 g/mol. The summed E-state index contributed by atoms with van der Waals surface area (Å²) in [6, 6.07) is 17.0. The van der Waals surface area contributed by atoms with E-state index in [4.69, 9.17) is 10.5 Å². The Morgan fingerprint density at radius 1 is 1.04 bits per heavy atom. The summed E-state index contributed by atoms with van der Waals surface area (Å²) < 4.78 is 5.91. The molecule has 1 saturated carbocycles. The molecule has 2 aromatic carbocycles. The number of carbonyl (C=O) groups excluding carboxylic acids is 1. The molecule has 0 unspecified atom stereocenters. The lowest BCUT2D eigenvalue weighted by Gasteiger charge is -2.13. The van der Waals surface area contributed by atoms with Crippen LogP contribution in [-0.2, 0) is 22.6 Å². The van der Waals surface area contributed by atoms with Crippen LogP contribution in [0.3, 0.4) is 0 Å². The first-order valence-electron chi connectivity index (χ1n) is 9.01. The van der Waals surface area contributed by atoms with Gasteiger partial charge in [0, 0.05) is 5.69 Å². The zero-order chi connectivity index (χ0) is 17.5. The highest BCUT2D eigenvalue weighted by atomic mass is 35.5. The van der Waals surface area contributed by atoms with E-state index in [2.05, 4.69) is 5.32 Å². The van der Waals surface area contributed by atoms with Crippen LogP contribution < -0.4 is 11.1 Å². The van der Waals surface area contributed by atoms with Crippen molar-refractivity contribution < 1.29 is 9.53 Å². The number of hydrogen-bond donors (Lipinski definition) is 2. The van der Waals surface area contributed by atoms with Gasteiger partial charge in [-0.05, 0) is 42.5 Å². The van der Waals surface area contributed by atoms with E-state index in [1.165, 1.54) is 25.7 Å². The Morgan fingerprint density at radius 2 is 1.69 bits per heavy atom. The Bertz CT molecular complexity index is 670. The van der Waals surface area contributed by atoms with Crippen LogP contribution in [0, 0.1) is 0 Å². The van der Waals surface area contributed by atoms with Crippen molar-refractivity contribution in [2.45, 2.75) is 50.9 Å². The summed E-state index contributed by atoms with van der Waals surface area (Å²) >= 11 is 0. The maximum atomic E-state index is 12.2. The number of amides is 1. The van der Waals surface area contributed by atoms with Crippen molar-refractivity contribution in [1.82, 2.24) is 0 Å². The minimum absolute atomic E-state index is 0. The Balaban J connectivity index is 0.00000243. The smallest absolute Gasteiger partial charge is 0.241 e. The molecule has 0 radical (unpaired) electrons. The van der Waals surface area contributed by atoms with Crippen molar-refractivity contribution in [2.24, 2.45) is 5.73 Å². The van der Waals surface area contributed by atoms with E-state index in [9.17, 15) is 4.79 Å². The zero-order valence-corrected chi connectivity index (χ0v) is 15.7. The monoisotopic (exact) mass is 374 g/mol. The van der Waals surface area contributed by atoms with Crippen LogP contribution in [0.25, 0.3) is 0 Å². The van der Waals surface area contributed by atoms with Gasteiger partial charge in [-0.2, -0.15) is 0 Å². The summed E-state index contributed by atoms with van der Waals surface area (Å²) in [7, 11) is 0. The number of nitrogens with two attached hydrogens (primary N) is 1. The second-order valence-electron chi connectivity index (χ2n) is 6.70. The molecule has 1 amide bonds. The van der Waals surface area contributed by atoms with Crippen molar-refractivity contribution in [3.05, 3.63) is 65.7 Å². The molecule has 0 spiro atoms. The van der Waals surface area contributed by atoms with Crippen LogP contribution in [-0.4, -0.2) is 18.1 Å². The Labute approximate surface area is 161 Å². The van der Waals surface area contributed by atoms with Gasteiger partial charge in [0.25, 0.3) is 0 Å². The predicted molar refractivity (Wildman–Crippen MR) is 107 cm³/mol. The molecule has 3 rings (SSSR count). The number of carbonyl (C=O) groups is 1. The fraction of sp³-hybridized carbons (Fsp3) is 0.381. The summed E-state index contributed by atoms with van der Waals surface area (Å²) in [6.45, 7) is 0.631. The largest absolute Gasteiger partial charge is 0.374 e. The molecule has 0 aromatic heterocycles. The average molecular weight is 375 g/mol. The number of rotatable bonds is 7. The minimum atomic E-state index is -0.562. The molecule has 1 fully saturated rings. The maximum absolute atomic E-state index is 12.2. The van der Waals surface area contributed by atoms with Gasteiger partial charge in [0.05, 0.1) is 18.8 Å². The summed E-state index contributed by atoms with van der Waals surface area (Å²) in [5, 5.41) is 2.88. The van der Waals surface area contributed by atoms with Crippen molar-refractivity contribution in [1.29, 1.82) is 0 Å². The third-order valence-corrected chi connectivity index (χ3v) is 4.64. The van der Waals surface area contributed by atoms with E-state index in [1.807, 2.05) is 54.6 Å². The van der Waals surface area contributed by atoms with Gasteiger partial charge >= 0.3 is 0 Å². The number of benzene rings is 2. The Hall–Kier alpha value is -1.88. The first-order valence-corrected chi connectivity index (χ1v) is 9.01. The first kappa shape index (κ1) is 20.4. The fourth-order valence-electron chi connectivity index (χ4n) is 3.15. The molecule has 26 heavy (non-hydrogen) atoms. The fourth-order valence-corrected chi connectivity index (χ4v) is 3.15. The third-order valence-electron chi connectivity index (χ3n) is 4.64. The SMILES string of the molecule is Cl.N[C@@H](Cc1ccccc1)C(=O)Nc1ccc(COC2CCCC2)cc1. The number of halogens is 1. The first-order chi connectivity index (χ1) is 12.2. The van der Waals surface area contributed by atoms with Crippen LogP contribution in [0.15, 0.2) is 54.6 Å².